The molecule has 1 heterocycles. The predicted octanol–water partition coefficient (Wildman–Crippen LogP) is 3.32. The Labute approximate surface area is 159 Å². The fraction of sp³-hybridized carbons (Fsp3) is 0.562. The van der Waals surface area contributed by atoms with E-state index in [1.54, 1.807) is 0 Å². The van der Waals surface area contributed by atoms with Crippen molar-refractivity contribution in [1.82, 2.24) is 5.32 Å². The summed E-state index contributed by atoms with van der Waals surface area (Å²) in [6.07, 6.45) is 4.77. The molecule has 7 heteroatoms. The highest BCUT2D eigenvalue weighted by Crippen LogP contribution is 2.38. The molecule has 128 valence electrons. The molecule has 1 aliphatic carbocycles. The molecule has 1 fully saturated rings. The molecule has 3 rings (SSSR count). The second kappa shape index (κ2) is 8.82. The Bertz CT molecular complexity index is 565. The van der Waals surface area contributed by atoms with E-state index in [2.05, 4.69) is 10.3 Å². The molecule has 0 saturated heterocycles. The number of rotatable bonds is 4. The van der Waals surface area contributed by atoms with E-state index in [9.17, 15) is 0 Å². The van der Waals surface area contributed by atoms with Crippen LogP contribution in [0.2, 0.25) is 5.02 Å². The highest BCUT2D eigenvalue weighted by atomic mass is 127. The van der Waals surface area contributed by atoms with Gasteiger partial charge in [-0.05, 0) is 36.5 Å². The number of nitrogens with one attached hydrogen (secondary N) is 1. The average molecular weight is 452 g/mol. The summed E-state index contributed by atoms with van der Waals surface area (Å²) in [5.41, 5.74) is 6.86. The molecule has 1 aliphatic heterocycles. The molecular weight excluding hydrogens is 429 g/mol. The number of nitrogens with zero attached hydrogens (tertiary/aromatic N) is 1. The minimum absolute atomic E-state index is 0. The number of aliphatic imine (C=N–C) groups is 1. The number of nitrogens with two attached hydrogens (primary N) is 1. The lowest BCUT2D eigenvalue weighted by atomic mass is 9.85. The van der Waals surface area contributed by atoms with Gasteiger partial charge < -0.3 is 20.5 Å². The zero-order chi connectivity index (χ0) is 15.4. The minimum Gasteiger partial charge on any atom is -0.489 e. The Hall–Kier alpha value is -0.890. The van der Waals surface area contributed by atoms with Crippen LogP contribution in [0.15, 0.2) is 17.1 Å². The molecule has 0 bridgehead atoms. The fourth-order valence-corrected chi connectivity index (χ4v) is 2.84. The van der Waals surface area contributed by atoms with E-state index in [1.165, 1.54) is 19.3 Å². The zero-order valence-electron chi connectivity index (χ0n) is 13.0. The summed E-state index contributed by atoms with van der Waals surface area (Å²) >= 11 is 6.26. The summed E-state index contributed by atoms with van der Waals surface area (Å²) in [6, 6.07) is 3.78. The number of guanidine groups is 1. The van der Waals surface area contributed by atoms with Gasteiger partial charge >= 0.3 is 0 Å². The summed E-state index contributed by atoms with van der Waals surface area (Å²) in [4.78, 5) is 4.37. The standard InChI is InChI=1S/C16H22ClN3O2.HI/c17-13-7-12(8-14-15(13)22-6-2-5-21-14)10-20-16(18)19-9-11-3-1-4-11;/h7-8,11H,1-6,9-10H2,(H3,18,19,20);1H. The van der Waals surface area contributed by atoms with Crippen molar-refractivity contribution in [3.8, 4) is 11.5 Å². The number of benzene rings is 1. The van der Waals surface area contributed by atoms with Crippen LogP contribution in [0.25, 0.3) is 0 Å². The summed E-state index contributed by atoms with van der Waals surface area (Å²) < 4.78 is 11.3. The third-order valence-electron chi connectivity index (χ3n) is 4.09. The molecule has 1 saturated carbocycles. The molecule has 3 N–H and O–H groups in total. The third-order valence-corrected chi connectivity index (χ3v) is 4.37. The van der Waals surface area contributed by atoms with E-state index in [0.717, 1.165) is 24.4 Å². The second-order valence-electron chi connectivity index (χ2n) is 5.83. The maximum Gasteiger partial charge on any atom is 0.188 e. The third kappa shape index (κ3) is 5.04. The summed E-state index contributed by atoms with van der Waals surface area (Å²) in [6.45, 7) is 2.65. The van der Waals surface area contributed by atoms with Crippen LogP contribution in [0.5, 0.6) is 11.5 Å². The SMILES string of the molecule is I.NC(=NCc1cc(Cl)c2c(c1)OCCCO2)NCC1CCC1. The van der Waals surface area contributed by atoms with Crippen LogP contribution in [0, 0.1) is 5.92 Å². The quantitative estimate of drug-likeness (QED) is 0.419. The zero-order valence-corrected chi connectivity index (χ0v) is 16.1. The Morgan fingerprint density at radius 1 is 1.26 bits per heavy atom. The van der Waals surface area contributed by atoms with Crippen molar-refractivity contribution in [2.45, 2.75) is 32.2 Å². The largest absolute Gasteiger partial charge is 0.489 e. The molecule has 1 aromatic carbocycles. The van der Waals surface area contributed by atoms with Gasteiger partial charge in [0.15, 0.2) is 17.5 Å². The van der Waals surface area contributed by atoms with Gasteiger partial charge in [0.2, 0.25) is 0 Å². The minimum atomic E-state index is 0. The smallest absolute Gasteiger partial charge is 0.188 e. The first-order valence-corrected chi connectivity index (χ1v) is 8.22. The maximum absolute atomic E-state index is 6.26. The van der Waals surface area contributed by atoms with Gasteiger partial charge in [-0.1, -0.05) is 18.0 Å². The normalized spacial score (nSPS) is 17.7. The van der Waals surface area contributed by atoms with Crippen LogP contribution in [0.1, 0.15) is 31.2 Å². The van der Waals surface area contributed by atoms with Crippen molar-refractivity contribution in [1.29, 1.82) is 0 Å². The summed E-state index contributed by atoms with van der Waals surface area (Å²) in [7, 11) is 0. The molecule has 5 nitrogen and oxygen atoms in total. The Morgan fingerprint density at radius 2 is 2.04 bits per heavy atom. The lowest BCUT2D eigenvalue weighted by Gasteiger charge is -2.25. The van der Waals surface area contributed by atoms with Crippen molar-refractivity contribution in [2.75, 3.05) is 19.8 Å². The first-order chi connectivity index (χ1) is 10.7. The summed E-state index contributed by atoms with van der Waals surface area (Å²) in [5.74, 6) is 2.55. The van der Waals surface area contributed by atoms with Gasteiger partial charge in [-0.3, -0.25) is 0 Å². The van der Waals surface area contributed by atoms with Crippen LogP contribution >= 0.6 is 35.6 Å². The van der Waals surface area contributed by atoms with Crippen molar-refractivity contribution in [2.24, 2.45) is 16.6 Å². The van der Waals surface area contributed by atoms with E-state index in [0.29, 0.717) is 42.2 Å². The average Bonchev–Trinajstić information content (AvgIpc) is 2.69. The van der Waals surface area contributed by atoms with Crippen molar-refractivity contribution in [3.05, 3.63) is 22.7 Å². The van der Waals surface area contributed by atoms with Crippen LogP contribution in [-0.2, 0) is 6.54 Å². The highest BCUT2D eigenvalue weighted by molar-refractivity contribution is 14.0. The molecule has 23 heavy (non-hydrogen) atoms. The van der Waals surface area contributed by atoms with Gasteiger partial charge in [0.1, 0.15) is 0 Å². The fourth-order valence-electron chi connectivity index (χ4n) is 2.55. The lowest BCUT2D eigenvalue weighted by Crippen LogP contribution is -2.37. The predicted molar refractivity (Wildman–Crippen MR) is 103 cm³/mol. The van der Waals surface area contributed by atoms with Gasteiger partial charge in [-0.25, -0.2) is 4.99 Å². The second-order valence-corrected chi connectivity index (χ2v) is 6.24. The van der Waals surface area contributed by atoms with Gasteiger partial charge in [-0.2, -0.15) is 0 Å². The molecule has 0 radical (unpaired) electrons. The van der Waals surface area contributed by atoms with Gasteiger partial charge in [0, 0.05) is 13.0 Å². The number of hydrogen-bond donors (Lipinski definition) is 2. The number of hydrogen-bond acceptors (Lipinski definition) is 3. The number of halogens is 2. The van der Waals surface area contributed by atoms with Crippen LogP contribution in [0.4, 0.5) is 0 Å². The highest BCUT2D eigenvalue weighted by Gasteiger charge is 2.17. The van der Waals surface area contributed by atoms with Crippen LogP contribution in [-0.4, -0.2) is 25.7 Å². The van der Waals surface area contributed by atoms with E-state index < -0.39 is 0 Å². The van der Waals surface area contributed by atoms with Crippen molar-refractivity contribution < 1.29 is 9.47 Å². The van der Waals surface area contributed by atoms with Crippen molar-refractivity contribution >= 4 is 41.5 Å². The number of fused-ring (bicyclic) bond motifs is 1. The first-order valence-electron chi connectivity index (χ1n) is 7.84. The Morgan fingerprint density at radius 3 is 2.78 bits per heavy atom. The van der Waals surface area contributed by atoms with Crippen molar-refractivity contribution in [3.63, 3.8) is 0 Å². The monoisotopic (exact) mass is 451 g/mol. The van der Waals surface area contributed by atoms with Crippen LogP contribution < -0.4 is 20.5 Å². The Kier molecular flexibility index (Phi) is 7.08. The van der Waals surface area contributed by atoms with E-state index in [-0.39, 0.29) is 24.0 Å². The topological polar surface area (TPSA) is 68.9 Å². The molecule has 0 spiro atoms. The van der Waals surface area contributed by atoms with E-state index in [4.69, 9.17) is 26.8 Å². The van der Waals surface area contributed by atoms with Gasteiger partial charge in [0.05, 0.1) is 24.8 Å². The molecule has 1 aromatic rings. The first kappa shape index (κ1) is 18.4. The molecule has 0 atom stereocenters. The molecule has 2 aliphatic rings. The maximum atomic E-state index is 6.26. The summed E-state index contributed by atoms with van der Waals surface area (Å²) in [5, 5.41) is 3.74. The number of ether oxygens (including phenoxy) is 2. The lowest BCUT2D eigenvalue weighted by molar-refractivity contribution is 0.297. The molecule has 0 unspecified atom stereocenters. The molecular formula is C16H23ClIN3O2. The van der Waals surface area contributed by atoms with Crippen LogP contribution in [0.3, 0.4) is 0 Å². The van der Waals surface area contributed by atoms with E-state index >= 15 is 0 Å². The molecule has 0 aromatic heterocycles. The van der Waals surface area contributed by atoms with Gasteiger partial charge in [-0.15, -0.1) is 24.0 Å². The van der Waals surface area contributed by atoms with Gasteiger partial charge in [0.25, 0.3) is 0 Å². The molecule has 0 amide bonds. The van der Waals surface area contributed by atoms with E-state index in [1.807, 2.05) is 12.1 Å². The Balaban J connectivity index is 0.00000192.